The van der Waals surface area contributed by atoms with Gasteiger partial charge in [-0.05, 0) is 31.2 Å². The molecule has 2 aromatic rings. The van der Waals surface area contributed by atoms with Gasteiger partial charge in [-0.25, -0.2) is 0 Å². The number of para-hydroxylation sites is 1. The molecule has 1 saturated heterocycles. The van der Waals surface area contributed by atoms with Crippen LogP contribution in [-0.4, -0.2) is 65.8 Å². The van der Waals surface area contributed by atoms with Crippen molar-refractivity contribution in [1.29, 1.82) is 0 Å². The van der Waals surface area contributed by atoms with E-state index >= 15 is 0 Å². The van der Waals surface area contributed by atoms with E-state index in [9.17, 15) is 14.7 Å². The molecule has 0 unspecified atom stereocenters. The first-order chi connectivity index (χ1) is 14.9. The molecule has 31 heavy (non-hydrogen) atoms. The summed E-state index contributed by atoms with van der Waals surface area (Å²) in [5.41, 5.74) is 2.24. The van der Waals surface area contributed by atoms with Crippen LogP contribution in [0.3, 0.4) is 0 Å². The Balaban J connectivity index is 1.80. The first-order valence-corrected chi connectivity index (χ1v) is 10.9. The van der Waals surface area contributed by atoms with Crippen LogP contribution in [0.4, 0.5) is 0 Å². The van der Waals surface area contributed by atoms with E-state index in [1.807, 2.05) is 41.0 Å². The van der Waals surface area contributed by atoms with Gasteiger partial charge in [-0.15, -0.1) is 0 Å². The Morgan fingerprint density at radius 3 is 2.58 bits per heavy atom. The lowest BCUT2D eigenvalue weighted by Crippen LogP contribution is -2.48. The summed E-state index contributed by atoms with van der Waals surface area (Å²) in [4.78, 5) is 30.3. The van der Waals surface area contributed by atoms with E-state index in [1.54, 1.807) is 26.1 Å². The van der Waals surface area contributed by atoms with Gasteiger partial charge < -0.3 is 19.3 Å². The summed E-state index contributed by atoms with van der Waals surface area (Å²) in [6, 6.07) is 11.0. The normalized spacial score (nSPS) is 24.7. The first kappa shape index (κ1) is 21.6. The number of carbonyl (C=O) groups is 1. The Kier molecular flexibility index (Phi) is 5.90. The summed E-state index contributed by atoms with van der Waals surface area (Å²) in [5.74, 6) is 0.490. The number of hydrogen-bond donors (Lipinski definition) is 1. The van der Waals surface area contributed by atoms with Gasteiger partial charge in [0.25, 0.3) is 5.56 Å². The highest BCUT2D eigenvalue weighted by molar-refractivity contribution is 5.82. The number of aliphatic hydroxyl groups excluding tert-OH is 1. The summed E-state index contributed by atoms with van der Waals surface area (Å²) >= 11 is 0. The molecule has 1 aromatic carbocycles. The van der Waals surface area contributed by atoms with Gasteiger partial charge in [-0.2, -0.15) is 0 Å². The SMILES string of the molecule is CCCN1[C@@H]2c3ccc(-c4ccccc4OC)c(=O)n3C[C@@H]2[C@@H](CO)[C@@H]1C(=O)N(C)C. The lowest BCUT2D eigenvalue weighted by Gasteiger charge is -2.32. The lowest BCUT2D eigenvalue weighted by molar-refractivity contribution is -0.135. The summed E-state index contributed by atoms with van der Waals surface area (Å²) in [6.45, 7) is 3.26. The zero-order valence-electron chi connectivity index (χ0n) is 18.6. The third kappa shape index (κ3) is 3.36. The highest BCUT2D eigenvalue weighted by Gasteiger charge is 2.55. The van der Waals surface area contributed by atoms with Crippen LogP contribution in [0.1, 0.15) is 25.1 Å². The molecule has 4 atom stereocenters. The minimum Gasteiger partial charge on any atom is -0.496 e. The quantitative estimate of drug-likeness (QED) is 0.766. The smallest absolute Gasteiger partial charge is 0.258 e. The van der Waals surface area contributed by atoms with Gasteiger partial charge in [0.15, 0.2) is 0 Å². The Morgan fingerprint density at radius 2 is 1.94 bits per heavy atom. The van der Waals surface area contributed by atoms with Gasteiger partial charge >= 0.3 is 0 Å². The fraction of sp³-hybridized carbons (Fsp3) is 0.500. The van der Waals surface area contributed by atoms with Crippen LogP contribution in [0.15, 0.2) is 41.2 Å². The monoisotopic (exact) mass is 425 g/mol. The number of hydrogen-bond acceptors (Lipinski definition) is 5. The Hall–Kier alpha value is -2.64. The summed E-state index contributed by atoms with van der Waals surface area (Å²) in [5, 5.41) is 10.2. The molecular weight excluding hydrogens is 394 g/mol. The Morgan fingerprint density at radius 1 is 1.19 bits per heavy atom. The van der Waals surface area contributed by atoms with Gasteiger partial charge in [0.05, 0.1) is 24.8 Å². The number of likely N-dealkylation sites (tertiary alicyclic amines) is 1. The van der Waals surface area contributed by atoms with Crippen LogP contribution in [0.2, 0.25) is 0 Å². The van der Waals surface area contributed by atoms with Crippen molar-refractivity contribution in [2.24, 2.45) is 11.8 Å². The lowest BCUT2D eigenvalue weighted by atomic mass is 9.88. The number of fused-ring (bicyclic) bond motifs is 3. The minimum atomic E-state index is -0.368. The van der Waals surface area contributed by atoms with Gasteiger partial charge in [0.2, 0.25) is 5.91 Å². The van der Waals surface area contributed by atoms with Gasteiger partial charge in [0, 0.05) is 50.3 Å². The average Bonchev–Trinajstić information content (AvgIpc) is 3.29. The van der Waals surface area contributed by atoms with Gasteiger partial charge in [0.1, 0.15) is 5.75 Å². The average molecular weight is 426 g/mol. The molecule has 3 heterocycles. The predicted octanol–water partition coefficient (Wildman–Crippen LogP) is 1.99. The number of nitrogens with zero attached hydrogens (tertiary/aromatic N) is 3. The molecular formula is C24H31N3O4. The molecule has 7 heteroatoms. The second-order valence-electron chi connectivity index (χ2n) is 8.66. The number of methoxy groups -OCH3 is 1. The third-order valence-electron chi connectivity index (χ3n) is 6.76. The van der Waals surface area contributed by atoms with Crippen LogP contribution in [0.25, 0.3) is 11.1 Å². The number of benzene rings is 1. The third-order valence-corrected chi connectivity index (χ3v) is 6.76. The van der Waals surface area contributed by atoms with E-state index in [4.69, 9.17) is 4.74 Å². The molecule has 1 N–H and O–H groups in total. The maximum atomic E-state index is 13.5. The molecule has 2 aliphatic heterocycles. The van der Waals surface area contributed by atoms with E-state index in [2.05, 4.69) is 11.8 Å². The molecule has 2 aliphatic rings. The largest absolute Gasteiger partial charge is 0.496 e. The number of pyridine rings is 1. The molecule has 0 saturated carbocycles. The van der Waals surface area contributed by atoms with Crippen molar-refractivity contribution in [3.63, 3.8) is 0 Å². The highest BCUT2D eigenvalue weighted by atomic mass is 16.5. The molecule has 0 radical (unpaired) electrons. The summed E-state index contributed by atoms with van der Waals surface area (Å²) in [6.07, 6.45) is 0.891. The number of aromatic nitrogens is 1. The van der Waals surface area contributed by atoms with Gasteiger partial charge in [-0.1, -0.05) is 25.1 Å². The van der Waals surface area contributed by atoms with E-state index in [1.165, 1.54) is 0 Å². The number of carbonyl (C=O) groups excluding carboxylic acids is 1. The topological polar surface area (TPSA) is 75.0 Å². The van der Waals surface area contributed by atoms with Crippen molar-refractivity contribution in [2.75, 3.05) is 34.4 Å². The number of aliphatic hydroxyl groups is 1. The zero-order valence-corrected chi connectivity index (χ0v) is 18.6. The fourth-order valence-electron chi connectivity index (χ4n) is 5.44. The summed E-state index contributed by atoms with van der Waals surface area (Å²) < 4.78 is 7.30. The van der Waals surface area contributed by atoms with Crippen LogP contribution in [-0.2, 0) is 11.3 Å². The van der Waals surface area contributed by atoms with Crippen LogP contribution in [0.5, 0.6) is 5.75 Å². The molecule has 1 amide bonds. The summed E-state index contributed by atoms with van der Waals surface area (Å²) in [7, 11) is 5.12. The second-order valence-corrected chi connectivity index (χ2v) is 8.66. The van der Waals surface area contributed by atoms with Crippen molar-refractivity contribution in [1.82, 2.24) is 14.4 Å². The van der Waals surface area contributed by atoms with Crippen molar-refractivity contribution >= 4 is 5.91 Å². The fourth-order valence-corrected chi connectivity index (χ4v) is 5.44. The number of likely N-dealkylation sites (N-methyl/N-ethyl adjacent to an activating group) is 1. The van der Waals surface area contributed by atoms with E-state index in [0.29, 0.717) is 17.9 Å². The van der Waals surface area contributed by atoms with Crippen molar-refractivity contribution in [3.05, 3.63) is 52.4 Å². The van der Waals surface area contributed by atoms with Crippen LogP contribution >= 0.6 is 0 Å². The molecule has 1 fully saturated rings. The predicted molar refractivity (Wildman–Crippen MR) is 119 cm³/mol. The van der Waals surface area contributed by atoms with E-state index < -0.39 is 0 Å². The van der Waals surface area contributed by atoms with Crippen LogP contribution in [0, 0.1) is 11.8 Å². The first-order valence-electron chi connectivity index (χ1n) is 10.9. The maximum absolute atomic E-state index is 13.5. The highest BCUT2D eigenvalue weighted by Crippen LogP contribution is 2.49. The van der Waals surface area contributed by atoms with Crippen molar-refractivity contribution < 1.29 is 14.6 Å². The van der Waals surface area contributed by atoms with Crippen molar-refractivity contribution in [2.45, 2.75) is 32.0 Å². The number of rotatable bonds is 6. The van der Waals surface area contributed by atoms with E-state index in [-0.39, 0.29) is 42.0 Å². The second kappa shape index (κ2) is 8.48. The molecule has 7 nitrogen and oxygen atoms in total. The molecule has 4 rings (SSSR count). The van der Waals surface area contributed by atoms with Crippen LogP contribution < -0.4 is 10.3 Å². The molecule has 0 bridgehead atoms. The minimum absolute atomic E-state index is 0.0152. The van der Waals surface area contributed by atoms with E-state index in [0.717, 1.165) is 24.2 Å². The molecule has 0 spiro atoms. The number of ether oxygens (including phenoxy) is 1. The zero-order chi connectivity index (χ0) is 22.3. The number of amides is 1. The Bertz CT molecular complexity index is 1030. The standard InChI is InChI=1S/C24H31N3O4/c1-5-12-26-21-17(18(14-28)22(26)24(30)25(2)3)13-27-19(21)11-10-16(23(27)29)15-8-6-7-9-20(15)31-4/h6-11,17-18,21-22,28H,5,12-14H2,1-4H3/t17-,18-,21+,22-/m1/s1. The van der Waals surface area contributed by atoms with Gasteiger partial charge in [-0.3, -0.25) is 14.5 Å². The molecule has 0 aliphatic carbocycles. The molecule has 166 valence electrons. The van der Waals surface area contributed by atoms with Crippen molar-refractivity contribution in [3.8, 4) is 16.9 Å². The Labute approximate surface area is 182 Å². The maximum Gasteiger partial charge on any atom is 0.258 e. The molecule has 1 aromatic heterocycles.